The molecule has 0 saturated carbocycles. The van der Waals surface area contributed by atoms with Gasteiger partial charge in [-0.3, -0.25) is 4.79 Å². The third kappa shape index (κ3) is 3.75. The molecule has 0 aliphatic heterocycles. The van der Waals surface area contributed by atoms with Crippen LogP contribution in [0.4, 0.5) is 0 Å². The molecule has 24 heavy (non-hydrogen) atoms. The van der Waals surface area contributed by atoms with Gasteiger partial charge in [0.05, 0.1) is 16.8 Å². The Kier molecular flexibility index (Phi) is 5.13. The molecule has 120 valence electrons. The summed E-state index contributed by atoms with van der Waals surface area (Å²) in [7, 11) is 0. The molecule has 1 amide bonds. The Bertz CT molecular complexity index is 905. The normalized spacial score (nSPS) is 10.9. The van der Waals surface area contributed by atoms with Crippen molar-refractivity contribution >= 4 is 39.7 Å². The number of hydrazone groups is 1. The second-order valence-corrected chi connectivity index (χ2v) is 6.12. The average Bonchev–Trinajstić information content (AvgIpc) is 3.04. The molecule has 0 spiro atoms. The molecule has 1 heterocycles. The van der Waals surface area contributed by atoms with Gasteiger partial charge in [0.1, 0.15) is 11.5 Å². The lowest BCUT2D eigenvalue weighted by Gasteiger charge is -2.01. The van der Waals surface area contributed by atoms with Gasteiger partial charge in [0.2, 0.25) is 0 Å². The molecule has 1 aromatic heterocycles. The molecular formula is C18H12BrClN2O2. The van der Waals surface area contributed by atoms with E-state index in [4.69, 9.17) is 16.0 Å². The van der Waals surface area contributed by atoms with Crippen LogP contribution in [0.25, 0.3) is 11.3 Å². The van der Waals surface area contributed by atoms with E-state index in [-0.39, 0.29) is 5.91 Å². The monoisotopic (exact) mass is 402 g/mol. The van der Waals surface area contributed by atoms with Crippen molar-refractivity contribution in [1.29, 1.82) is 0 Å². The second kappa shape index (κ2) is 7.47. The van der Waals surface area contributed by atoms with E-state index in [1.165, 1.54) is 6.21 Å². The van der Waals surface area contributed by atoms with E-state index in [2.05, 4.69) is 26.5 Å². The molecule has 0 aliphatic carbocycles. The maximum absolute atomic E-state index is 12.0. The van der Waals surface area contributed by atoms with Gasteiger partial charge < -0.3 is 4.42 Å². The number of hydrogen-bond acceptors (Lipinski definition) is 3. The summed E-state index contributed by atoms with van der Waals surface area (Å²) in [6.07, 6.45) is 1.44. The first-order chi connectivity index (χ1) is 11.6. The summed E-state index contributed by atoms with van der Waals surface area (Å²) in [4.78, 5) is 12.0. The molecule has 0 bridgehead atoms. The van der Waals surface area contributed by atoms with Crippen LogP contribution in [0.5, 0.6) is 0 Å². The fourth-order valence-electron chi connectivity index (χ4n) is 2.09. The van der Waals surface area contributed by atoms with Crippen molar-refractivity contribution in [3.8, 4) is 11.3 Å². The molecular weight excluding hydrogens is 392 g/mol. The quantitative estimate of drug-likeness (QED) is 0.485. The summed E-state index contributed by atoms with van der Waals surface area (Å²) in [5.74, 6) is 0.857. The van der Waals surface area contributed by atoms with Crippen molar-refractivity contribution in [2.24, 2.45) is 5.10 Å². The number of rotatable bonds is 4. The van der Waals surface area contributed by atoms with Gasteiger partial charge in [-0.1, -0.05) is 57.9 Å². The smallest absolute Gasteiger partial charge is 0.272 e. The lowest BCUT2D eigenvalue weighted by molar-refractivity contribution is 0.0955. The number of amides is 1. The molecule has 0 radical (unpaired) electrons. The Hall–Kier alpha value is -2.37. The molecule has 0 unspecified atom stereocenters. The zero-order chi connectivity index (χ0) is 16.9. The van der Waals surface area contributed by atoms with Gasteiger partial charge in [-0.15, -0.1) is 0 Å². The topological polar surface area (TPSA) is 54.6 Å². The van der Waals surface area contributed by atoms with Gasteiger partial charge in [0, 0.05) is 10.0 Å². The number of nitrogens with zero attached hydrogens (tertiary/aromatic N) is 1. The van der Waals surface area contributed by atoms with Crippen LogP contribution in [0.3, 0.4) is 0 Å². The van der Waals surface area contributed by atoms with Crippen molar-refractivity contribution in [2.45, 2.75) is 0 Å². The maximum Gasteiger partial charge on any atom is 0.272 e. The van der Waals surface area contributed by atoms with Gasteiger partial charge in [-0.25, -0.2) is 5.43 Å². The largest absolute Gasteiger partial charge is 0.455 e. The molecule has 0 saturated heterocycles. The van der Waals surface area contributed by atoms with Gasteiger partial charge in [-0.05, 0) is 30.3 Å². The van der Waals surface area contributed by atoms with E-state index >= 15 is 0 Å². The number of halogens is 2. The van der Waals surface area contributed by atoms with E-state index in [0.29, 0.717) is 22.1 Å². The number of hydrogen-bond donors (Lipinski definition) is 1. The number of benzene rings is 2. The number of carbonyl (C=O) groups excluding carboxylic acids is 1. The van der Waals surface area contributed by atoms with Gasteiger partial charge >= 0.3 is 0 Å². The number of nitrogens with one attached hydrogen (secondary N) is 1. The van der Waals surface area contributed by atoms with E-state index < -0.39 is 0 Å². The first-order valence-corrected chi connectivity index (χ1v) is 8.25. The highest BCUT2D eigenvalue weighted by molar-refractivity contribution is 9.10. The first-order valence-electron chi connectivity index (χ1n) is 7.08. The minimum absolute atomic E-state index is 0.365. The fraction of sp³-hybridized carbons (Fsp3) is 0. The molecule has 1 N–H and O–H groups in total. The Labute approximate surface area is 152 Å². The van der Waals surface area contributed by atoms with Crippen LogP contribution in [0.1, 0.15) is 16.1 Å². The van der Waals surface area contributed by atoms with Crippen molar-refractivity contribution in [2.75, 3.05) is 0 Å². The number of carbonyl (C=O) groups is 1. The van der Waals surface area contributed by atoms with E-state index in [1.807, 2.05) is 30.3 Å². The molecule has 0 aliphatic rings. The van der Waals surface area contributed by atoms with E-state index in [9.17, 15) is 4.79 Å². The third-order valence-electron chi connectivity index (χ3n) is 3.24. The summed E-state index contributed by atoms with van der Waals surface area (Å²) >= 11 is 9.45. The second-order valence-electron chi connectivity index (χ2n) is 4.86. The zero-order valence-electron chi connectivity index (χ0n) is 12.4. The highest BCUT2D eigenvalue weighted by atomic mass is 79.9. The van der Waals surface area contributed by atoms with Crippen LogP contribution in [-0.2, 0) is 0 Å². The maximum atomic E-state index is 12.0. The van der Waals surface area contributed by atoms with Crippen molar-refractivity contribution in [3.63, 3.8) is 0 Å². The third-order valence-corrected chi connectivity index (χ3v) is 4.26. The van der Waals surface area contributed by atoms with Gasteiger partial charge in [-0.2, -0.15) is 5.10 Å². The molecule has 4 nitrogen and oxygen atoms in total. The Morgan fingerprint density at radius 1 is 1.08 bits per heavy atom. The summed E-state index contributed by atoms with van der Waals surface area (Å²) < 4.78 is 6.64. The Morgan fingerprint density at radius 3 is 2.62 bits per heavy atom. The van der Waals surface area contributed by atoms with Crippen LogP contribution in [0.15, 0.2) is 74.7 Å². The molecule has 0 fully saturated rings. The van der Waals surface area contributed by atoms with Crippen LogP contribution < -0.4 is 5.43 Å². The minimum atomic E-state index is -0.380. The summed E-state index contributed by atoms with van der Waals surface area (Å²) in [6.45, 7) is 0. The van der Waals surface area contributed by atoms with Crippen molar-refractivity contribution < 1.29 is 9.21 Å². The molecule has 3 aromatic rings. The van der Waals surface area contributed by atoms with Gasteiger partial charge in [0.25, 0.3) is 5.91 Å². The minimum Gasteiger partial charge on any atom is -0.455 e. The van der Waals surface area contributed by atoms with Crippen LogP contribution in [-0.4, -0.2) is 12.1 Å². The lowest BCUT2D eigenvalue weighted by atomic mass is 10.2. The highest BCUT2D eigenvalue weighted by Crippen LogP contribution is 2.28. The molecule has 3 rings (SSSR count). The molecule has 6 heteroatoms. The van der Waals surface area contributed by atoms with Crippen molar-refractivity contribution in [1.82, 2.24) is 5.43 Å². The standard InChI is InChI=1S/C18H12BrClN2O2/c19-15-7-3-1-5-13(15)17-10-9-12(24-17)11-21-22-18(23)14-6-2-4-8-16(14)20/h1-11H,(H,22,23)/b21-11-. The predicted octanol–water partition coefficient (Wildman–Crippen LogP) is 5.13. The van der Waals surface area contributed by atoms with Crippen LogP contribution in [0, 0.1) is 0 Å². The van der Waals surface area contributed by atoms with Crippen LogP contribution in [0.2, 0.25) is 5.02 Å². The molecule has 2 aromatic carbocycles. The lowest BCUT2D eigenvalue weighted by Crippen LogP contribution is -2.17. The van der Waals surface area contributed by atoms with Gasteiger partial charge in [0.15, 0.2) is 0 Å². The first kappa shape index (κ1) is 16.5. The average molecular weight is 404 g/mol. The summed E-state index contributed by atoms with van der Waals surface area (Å²) in [6, 6.07) is 18.1. The zero-order valence-corrected chi connectivity index (χ0v) is 14.7. The summed E-state index contributed by atoms with van der Waals surface area (Å²) in [5, 5.41) is 4.27. The Balaban J connectivity index is 1.69. The predicted molar refractivity (Wildman–Crippen MR) is 98.4 cm³/mol. The highest BCUT2D eigenvalue weighted by Gasteiger charge is 2.09. The molecule has 0 atom stereocenters. The van der Waals surface area contributed by atoms with E-state index in [0.717, 1.165) is 10.0 Å². The van der Waals surface area contributed by atoms with E-state index in [1.54, 1.807) is 30.3 Å². The van der Waals surface area contributed by atoms with Crippen molar-refractivity contribution in [3.05, 3.63) is 81.5 Å². The number of furan rings is 1. The van der Waals surface area contributed by atoms with Crippen LogP contribution >= 0.6 is 27.5 Å². The Morgan fingerprint density at radius 2 is 1.83 bits per heavy atom. The SMILES string of the molecule is O=C(N/N=C\c1ccc(-c2ccccc2Br)o1)c1ccccc1Cl. The fourth-order valence-corrected chi connectivity index (χ4v) is 2.79. The summed E-state index contributed by atoms with van der Waals surface area (Å²) in [5.41, 5.74) is 3.73.